The number of nitrogens with zero attached hydrogens (tertiary/aromatic N) is 7. The SMILES string of the molecule is Cc1nc2cccc3c2n1-c1ccc(-c2c4ccccc4c(-c4ccc5c(c4)C(C)(C)c4cc(C#N)ccc4-5)c4ccccc24)cc1S3.Cc1nc2cccc3c2n1-c1ccc(-c2c4ccccc4c(-c4ccc5c(c4)oc4ccccc45)c4ccccc24)cc1S3.Cc1nc2cccc3c2n1-c1ccc(-c2c4ccccc4c(-c4ccc5c(c4)sc4ccccc45)c4ccccc24)cc1S3. The van der Waals surface area contributed by atoms with Crippen LogP contribution in [-0.2, 0) is 5.41 Å². The molecule has 0 unspecified atom stereocenters. The number of hydrogen-bond donors (Lipinski definition) is 0. The van der Waals surface area contributed by atoms with Crippen molar-refractivity contribution in [3.05, 3.63) is 410 Å². The molecule has 12 heteroatoms. The molecule has 3 aliphatic heterocycles. The van der Waals surface area contributed by atoms with Gasteiger partial charge in [-0.2, -0.15) is 5.26 Å². The first-order chi connectivity index (χ1) is 66.9. The number of rotatable bonds is 6. The molecule has 0 saturated heterocycles. The fraction of sp³-hybridized carbons (Fsp3) is 0.0484. The minimum atomic E-state index is -0.211. The van der Waals surface area contributed by atoms with Gasteiger partial charge in [-0.15, -0.1) is 11.3 Å². The Bertz CT molecular complexity index is 9320. The maximum Gasteiger partial charge on any atom is 0.136 e. The first kappa shape index (κ1) is 78.8. The monoisotopic (exact) mass is 1810 g/mol. The lowest BCUT2D eigenvalue weighted by molar-refractivity contribution is 0.660. The average Bonchev–Trinajstić information content (AvgIpc) is 0.949. The molecule has 0 saturated carbocycles. The van der Waals surface area contributed by atoms with Crippen LogP contribution in [0, 0.1) is 32.1 Å². The molecule has 21 aromatic carbocycles. The summed E-state index contributed by atoms with van der Waals surface area (Å²) in [7, 11) is 0. The van der Waals surface area contributed by atoms with Gasteiger partial charge in [0.2, 0.25) is 0 Å². The van der Waals surface area contributed by atoms with E-state index >= 15 is 0 Å². The van der Waals surface area contributed by atoms with Crippen LogP contribution in [0.1, 0.15) is 48.0 Å². The van der Waals surface area contributed by atoms with Crippen molar-refractivity contribution in [3.8, 4) is 101 Å². The van der Waals surface area contributed by atoms with Gasteiger partial charge in [-0.3, -0.25) is 13.7 Å². The highest BCUT2D eigenvalue weighted by Gasteiger charge is 2.37. The van der Waals surface area contributed by atoms with Gasteiger partial charge in [-0.25, -0.2) is 15.0 Å². The van der Waals surface area contributed by atoms with Crippen molar-refractivity contribution in [3.63, 3.8) is 0 Å². The van der Waals surface area contributed by atoms with E-state index in [1.54, 1.807) is 0 Å². The molecule has 0 atom stereocenters. The van der Waals surface area contributed by atoms with Gasteiger partial charge in [0.25, 0.3) is 0 Å². The van der Waals surface area contributed by atoms with E-state index in [0.717, 1.165) is 61.5 Å². The number of nitriles is 1. The van der Waals surface area contributed by atoms with Crippen molar-refractivity contribution in [1.29, 1.82) is 5.26 Å². The lowest BCUT2D eigenvalue weighted by atomic mass is 9.80. The van der Waals surface area contributed by atoms with Crippen LogP contribution in [0.15, 0.2) is 410 Å². The summed E-state index contributed by atoms with van der Waals surface area (Å²) in [5, 5.41) is 29.7. The fourth-order valence-electron chi connectivity index (χ4n) is 22.9. The predicted octanol–water partition coefficient (Wildman–Crippen LogP) is 34.8. The Kier molecular flexibility index (Phi) is 17.4. The second kappa shape index (κ2) is 30.1. The van der Waals surface area contributed by atoms with E-state index in [2.05, 4.69) is 412 Å². The van der Waals surface area contributed by atoms with Gasteiger partial charge < -0.3 is 4.42 Å². The highest BCUT2D eigenvalue weighted by molar-refractivity contribution is 8.00. The topological polar surface area (TPSA) is 90.4 Å². The minimum Gasteiger partial charge on any atom is -0.456 e. The second-order valence-corrected chi connectivity index (χ2v) is 40.9. The van der Waals surface area contributed by atoms with E-state index in [0.29, 0.717) is 5.56 Å². The number of fused-ring (bicyclic) bond motifs is 21. The van der Waals surface area contributed by atoms with E-state index in [1.165, 1.54) is 231 Å². The van der Waals surface area contributed by atoms with Crippen LogP contribution < -0.4 is 0 Å². The zero-order valence-corrected chi connectivity index (χ0v) is 77.7. The summed E-state index contributed by atoms with van der Waals surface area (Å²) in [5.41, 5.74) is 32.6. The Balaban J connectivity index is 0.000000101. The third-order valence-corrected chi connectivity index (χ3v) is 33.2. The van der Waals surface area contributed by atoms with Gasteiger partial charge in [-0.1, -0.05) is 304 Å². The predicted molar refractivity (Wildman–Crippen MR) is 570 cm³/mol. The average molecular weight is 1810 g/mol. The normalized spacial score (nSPS) is 13.0. The maximum absolute atomic E-state index is 9.63. The van der Waals surface area contributed by atoms with E-state index in [4.69, 9.17) is 19.4 Å². The van der Waals surface area contributed by atoms with Crippen LogP contribution >= 0.6 is 46.6 Å². The van der Waals surface area contributed by atoms with E-state index in [-0.39, 0.29) is 5.41 Å². The van der Waals surface area contributed by atoms with Crippen LogP contribution in [0.4, 0.5) is 0 Å². The molecule has 0 radical (unpaired) electrons. The van der Waals surface area contributed by atoms with E-state index < -0.39 is 0 Å². The highest BCUT2D eigenvalue weighted by Crippen LogP contribution is 2.57. The largest absolute Gasteiger partial charge is 0.456 e. The van der Waals surface area contributed by atoms with E-state index in [1.807, 2.05) is 64.8 Å². The van der Waals surface area contributed by atoms with Crippen molar-refractivity contribution >= 4 is 186 Å². The number of thiophene rings is 1. The summed E-state index contributed by atoms with van der Waals surface area (Å²) < 4.78 is 15.9. The number of para-hydroxylation sites is 4. The van der Waals surface area contributed by atoms with E-state index in [9.17, 15) is 5.26 Å². The number of benzene rings is 21. The molecule has 8 nitrogen and oxygen atoms in total. The molecule has 0 fully saturated rings. The van der Waals surface area contributed by atoms with Crippen LogP contribution in [0.2, 0.25) is 0 Å². The molecule has 8 heterocycles. The zero-order chi connectivity index (χ0) is 90.2. The molecule has 0 amide bonds. The molecule has 0 spiro atoms. The summed E-state index contributed by atoms with van der Waals surface area (Å²) in [6.45, 7) is 10.9. The van der Waals surface area contributed by atoms with Crippen molar-refractivity contribution < 1.29 is 4.42 Å². The number of hydrogen-bond acceptors (Lipinski definition) is 9. The Morgan fingerprint density at radius 3 is 0.978 bits per heavy atom. The summed E-state index contributed by atoms with van der Waals surface area (Å²) >= 11 is 7.41. The summed E-state index contributed by atoms with van der Waals surface area (Å²) in [5.74, 6) is 3.05. The Labute approximate surface area is 799 Å². The summed E-state index contributed by atoms with van der Waals surface area (Å²) in [4.78, 5) is 22.1. The molecule has 5 aromatic heterocycles. The quantitative estimate of drug-likeness (QED) is 0.152. The van der Waals surface area contributed by atoms with Crippen LogP contribution in [0.5, 0.6) is 0 Å². The van der Waals surface area contributed by atoms with Crippen LogP contribution in [0.25, 0.3) is 235 Å². The van der Waals surface area contributed by atoms with Gasteiger partial charge in [0, 0.05) is 65.7 Å². The van der Waals surface area contributed by atoms with Gasteiger partial charge in [0.1, 0.15) is 28.6 Å². The van der Waals surface area contributed by atoms with Crippen molar-refractivity contribution in [2.45, 2.75) is 69.4 Å². The third kappa shape index (κ3) is 11.8. The third-order valence-electron chi connectivity index (χ3n) is 28.8. The number of aryl methyl sites for hydroxylation is 3. The van der Waals surface area contributed by atoms with Gasteiger partial charge in [0.05, 0.1) is 61.8 Å². The molecular weight excluding hydrogens is 1730 g/mol. The first-order valence-corrected chi connectivity index (χ1v) is 49.4. The molecule has 0 N–H and O–H groups in total. The number of aromatic nitrogens is 6. The highest BCUT2D eigenvalue weighted by atomic mass is 32.2. The minimum absolute atomic E-state index is 0.211. The first-order valence-electron chi connectivity index (χ1n) is 46.1. The Morgan fingerprint density at radius 1 is 0.265 bits per heavy atom. The molecule has 1 aliphatic carbocycles. The fourth-order valence-corrected chi connectivity index (χ4v) is 27.4. The lowest BCUT2D eigenvalue weighted by Gasteiger charge is -2.23. The second-order valence-electron chi connectivity index (χ2n) is 36.6. The molecule has 26 aromatic rings. The smallest absolute Gasteiger partial charge is 0.136 e. The van der Waals surface area contributed by atoms with Crippen LogP contribution in [-0.4, -0.2) is 28.7 Å². The molecule has 0 bridgehead atoms. The van der Waals surface area contributed by atoms with Crippen LogP contribution in [0.3, 0.4) is 0 Å². The number of imidazole rings is 3. The number of furan rings is 1. The molecule has 4 aliphatic rings. The summed E-state index contributed by atoms with van der Waals surface area (Å²) in [6, 6.07) is 140. The summed E-state index contributed by atoms with van der Waals surface area (Å²) in [6.07, 6.45) is 0. The maximum atomic E-state index is 9.63. The van der Waals surface area contributed by atoms with Gasteiger partial charge in [-0.05, 0) is 296 Å². The molecule has 638 valence electrons. The standard InChI is InChI=1S/C44H29N3S.C40H24N2OS.C40H24N2S2/c1-25-46-37-13-8-14-39-43(37)47(25)38-20-17-28(23-40(38)48-39)42-33-11-6-4-9-31(33)41(32-10-5-7-12-34(32)42)27-16-19-30-29-18-15-26(24-45)21-35(29)44(2,3)36(30)22-27;1-23-41-32-14-8-16-36-40(32)42(23)33-20-18-25(22-37(33)44-36)39-30-12-4-2-10-28(30)38(29-11-3-5-13-31(29)39)24-17-19-27-26-9-6-7-15-34(26)43-35(27)21-24;1-23-41-32-14-8-16-35-40(32)42(23)33-20-18-25(22-37(33)44-35)39-30-12-4-2-10-28(30)38(29-11-3-5-13-31(29)39)24-17-19-27-26-9-6-7-15-34(26)43-36(27)21-24/h4-23H,1-3H3;2*2-22H,1H3. The van der Waals surface area contributed by atoms with Gasteiger partial charge in [0.15, 0.2) is 0 Å². The zero-order valence-electron chi connectivity index (χ0n) is 74.5. The molecular formula is C124H77N7OS4. The van der Waals surface area contributed by atoms with Crippen molar-refractivity contribution in [2.24, 2.45) is 0 Å². The lowest BCUT2D eigenvalue weighted by Crippen LogP contribution is -2.15. The Morgan fingerprint density at radius 2 is 0.574 bits per heavy atom. The molecule has 136 heavy (non-hydrogen) atoms. The van der Waals surface area contributed by atoms with Crippen molar-refractivity contribution in [2.75, 3.05) is 0 Å². The Hall–Kier alpha value is -15.9. The van der Waals surface area contributed by atoms with Crippen molar-refractivity contribution in [1.82, 2.24) is 28.7 Å². The molecule has 30 rings (SSSR count). The van der Waals surface area contributed by atoms with Gasteiger partial charge >= 0.3 is 0 Å².